The fourth-order valence-electron chi connectivity index (χ4n) is 2.01. The Bertz CT molecular complexity index is 573. The Hall–Kier alpha value is -0.850. The molecule has 2 rings (SSSR count). The van der Waals surface area contributed by atoms with Gasteiger partial charge >= 0.3 is 0 Å². The van der Waals surface area contributed by atoms with Gasteiger partial charge < -0.3 is 5.73 Å². The van der Waals surface area contributed by atoms with Crippen molar-refractivity contribution in [2.75, 3.05) is 12.3 Å². The van der Waals surface area contributed by atoms with Crippen molar-refractivity contribution in [2.45, 2.75) is 30.6 Å². The zero-order valence-electron chi connectivity index (χ0n) is 10.3. The molecule has 0 bridgehead atoms. The molecular formula is C12H16ClFN2O2S. The molecule has 0 aliphatic heterocycles. The van der Waals surface area contributed by atoms with E-state index in [1.807, 2.05) is 0 Å². The van der Waals surface area contributed by atoms with Gasteiger partial charge in [-0.2, -0.15) is 0 Å². The van der Waals surface area contributed by atoms with Gasteiger partial charge in [0.25, 0.3) is 0 Å². The molecule has 0 amide bonds. The molecule has 0 radical (unpaired) electrons. The van der Waals surface area contributed by atoms with Gasteiger partial charge in [0.2, 0.25) is 10.0 Å². The van der Waals surface area contributed by atoms with E-state index in [9.17, 15) is 12.8 Å². The Balaban J connectivity index is 2.07. The molecule has 0 saturated heterocycles. The maximum Gasteiger partial charge on any atom is 0.242 e. The molecule has 0 aromatic heterocycles. The third kappa shape index (κ3) is 3.38. The summed E-state index contributed by atoms with van der Waals surface area (Å²) in [5.74, 6) is -0.116. The number of anilines is 1. The van der Waals surface area contributed by atoms with E-state index in [1.165, 1.54) is 6.42 Å². The van der Waals surface area contributed by atoms with E-state index in [0.29, 0.717) is 12.5 Å². The largest absolute Gasteiger partial charge is 0.396 e. The van der Waals surface area contributed by atoms with Crippen molar-refractivity contribution in [3.63, 3.8) is 0 Å². The smallest absolute Gasteiger partial charge is 0.242 e. The molecule has 1 saturated carbocycles. The van der Waals surface area contributed by atoms with Gasteiger partial charge in [-0.05, 0) is 24.5 Å². The first-order valence-electron chi connectivity index (χ1n) is 6.14. The minimum atomic E-state index is -3.74. The van der Waals surface area contributed by atoms with Crippen LogP contribution in [0, 0.1) is 11.7 Å². The van der Waals surface area contributed by atoms with E-state index in [-0.39, 0.29) is 15.6 Å². The maximum atomic E-state index is 13.1. The molecule has 0 unspecified atom stereocenters. The van der Waals surface area contributed by atoms with Crippen LogP contribution in [0.2, 0.25) is 5.02 Å². The van der Waals surface area contributed by atoms with Crippen LogP contribution in [0.3, 0.4) is 0 Å². The maximum absolute atomic E-state index is 13.1. The van der Waals surface area contributed by atoms with Gasteiger partial charge in [-0.3, -0.25) is 0 Å². The molecular weight excluding hydrogens is 291 g/mol. The van der Waals surface area contributed by atoms with Gasteiger partial charge in [-0.15, -0.1) is 0 Å². The van der Waals surface area contributed by atoms with Crippen molar-refractivity contribution in [1.29, 1.82) is 0 Å². The lowest BCUT2D eigenvalue weighted by Gasteiger charge is -2.25. The molecule has 0 spiro atoms. The number of hydrogen-bond donors (Lipinski definition) is 2. The highest BCUT2D eigenvalue weighted by Crippen LogP contribution is 2.29. The monoisotopic (exact) mass is 306 g/mol. The van der Waals surface area contributed by atoms with Gasteiger partial charge in [0.15, 0.2) is 0 Å². The molecule has 1 fully saturated rings. The fourth-order valence-corrected chi connectivity index (χ4v) is 3.60. The number of rotatable bonds is 5. The van der Waals surface area contributed by atoms with E-state index >= 15 is 0 Å². The lowest BCUT2D eigenvalue weighted by Crippen LogP contribution is -2.28. The Labute approximate surface area is 117 Å². The van der Waals surface area contributed by atoms with Crippen LogP contribution in [-0.2, 0) is 10.0 Å². The van der Waals surface area contributed by atoms with Crippen molar-refractivity contribution in [3.8, 4) is 0 Å². The quantitative estimate of drug-likeness (QED) is 0.821. The second-order valence-corrected chi connectivity index (χ2v) is 6.93. The van der Waals surface area contributed by atoms with Crippen LogP contribution >= 0.6 is 11.6 Å². The fraction of sp³-hybridized carbons (Fsp3) is 0.500. The standard InChI is InChI=1S/C12H16ClFN2O2S/c13-9-6-10(14)11(15)7-12(9)19(17,18)16-5-4-8-2-1-3-8/h6-8,16H,1-5,15H2. The van der Waals surface area contributed by atoms with Gasteiger partial charge in [0.05, 0.1) is 10.7 Å². The van der Waals surface area contributed by atoms with E-state index in [0.717, 1.165) is 31.4 Å². The van der Waals surface area contributed by atoms with E-state index in [4.69, 9.17) is 17.3 Å². The summed E-state index contributed by atoms with van der Waals surface area (Å²) in [5, 5.41) is -0.164. The highest BCUT2D eigenvalue weighted by molar-refractivity contribution is 7.89. The summed E-state index contributed by atoms with van der Waals surface area (Å²) >= 11 is 5.75. The number of nitrogens with two attached hydrogens (primary N) is 1. The van der Waals surface area contributed by atoms with Gasteiger partial charge in [0, 0.05) is 6.54 Å². The van der Waals surface area contributed by atoms with Gasteiger partial charge in [0.1, 0.15) is 10.7 Å². The molecule has 0 atom stereocenters. The Kier molecular flexibility index (Phi) is 4.32. The summed E-state index contributed by atoms with van der Waals surface area (Å²) in [7, 11) is -3.74. The number of halogens is 2. The summed E-state index contributed by atoms with van der Waals surface area (Å²) in [6, 6.07) is 1.96. The summed E-state index contributed by atoms with van der Waals surface area (Å²) in [4.78, 5) is -0.179. The molecule has 1 aromatic rings. The lowest BCUT2D eigenvalue weighted by molar-refractivity contribution is 0.297. The topological polar surface area (TPSA) is 72.2 Å². The summed E-state index contributed by atoms with van der Waals surface area (Å²) in [6.07, 6.45) is 4.35. The van der Waals surface area contributed by atoms with Gasteiger partial charge in [-0.25, -0.2) is 17.5 Å². The van der Waals surface area contributed by atoms with Crippen LogP contribution in [0.5, 0.6) is 0 Å². The Morgan fingerprint density at radius 3 is 2.68 bits per heavy atom. The molecule has 0 heterocycles. The van der Waals surface area contributed by atoms with Crippen LogP contribution in [-0.4, -0.2) is 15.0 Å². The predicted molar refractivity (Wildman–Crippen MR) is 73.0 cm³/mol. The first-order chi connectivity index (χ1) is 8.90. The van der Waals surface area contributed by atoms with Crippen molar-refractivity contribution < 1.29 is 12.8 Å². The molecule has 4 nitrogen and oxygen atoms in total. The summed E-state index contributed by atoms with van der Waals surface area (Å²) < 4.78 is 39.7. The van der Waals surface area contributed by atoms with Crippen LogP contribution in [0.25, 0.3) is 0 Å². The minimum Gasteiger partial charge on any atom is -0.396 e. The second-order valence-electron chi connectivity index (χ2n) is 4.79. The zero-order valence-corrected chi connectivity index (χ0v) is 11.9. The van der Waals surface area contributed by atoms with Crippen LogP contribution in [0.4, 0.5) is 10.1 Å². The summed E-state index contributed by atoms with van der Waals surface area (Å²) in [6.45, 7) is 0.362. The van der Waals surface area contributed by atoms with Crippen molar-refractivity contribution >= 4 is 27.3 Å². The number of benzene rings is 1. The Morgan fingerprint density at radius 1 is 1.42 bits per heavy atom. The molecule has 19 heavy (non-hydrogen) atoms. The highest BCUT2D eigenvalue weighted by atomic mass is 35.5. The van der Waals surface area contributed by atoms with Crippen LogP contribution in [0.1, 0.15) is 25.7 Å². The molecule has 3 N–H and O–H groups in total. The third-order valence-corrected chi connectivity index (χ3v) is 5.34. The SMILES string of the molecule is Nc1cc(S(=O)(=O)NCCC2CCC2)c(Cl)cc1F. The molecule has 1 aliphatic rings. The molecule has 106 valence electrons. The van der Waals surface area contributed by atoms with Gasteiger partial charge in [-0.1, -0.05) is 30.9 Å². The minimum absolute atomic E-state index is 0.164. The average molecular weight is 307 g/mol. The third-order valence-electron chi connectivity index (χ3n) is 3.41. The van der Waals surface area contributed by atoms with Crippen molar-refractivity contribution in [3.05, 3.63) is 23.0 Å². The van der Waals surface area contributed by atoms with Crippen LogP contribution in [0.15, 0.2) is 17.0 Å². The molecule has 1 aromatic carbocycles. The number of hydrogen-bond acceptors (Lipinski definition) is 3. The number of nitrogen functional groups attached to an aromatic ring is 1. The first kappa shape index (κ1) is 14.6. The van der Waals surface area contributed by atoms with E-state index in [1.54, 1.807) is 0 Å². The highest BCUT2D eigenvalue weighted by Gasteiger charge is 2.22. The normalized spacial score (nSPS) is 16.3. The summed E-state index contributed by atoms with van der Waals surface area (Å²) in [5.41, 5.74) is 5.14. The predicted octanol–water partition coefficient (Wildman–Crippen LogP) is 2.53. The zero-order chi connectivity index (χ0) is 14.0. The number of nitrogens with one attached hydrogen (secondary N) is 1. The van der Waals surface area contributed by atoms with E-state index < -0.39 is 15.8 Å². The first-order valence-corrected chi connectivity index (χ1v) is 8.00. The average Bonchev–Trinajstić information content (AvgIpc) is 2.26. The van der Waals surface area contributed by atoms with E-state index in [2.05, 4.69) is 4.72 Å². The van der Waals surface area contributed by atoms with Crippen molar-refractivity contribution in [1.82, 2.24) is 4.72 Å². The lowest BCUT2D eigenvalue weighted by atomic mass is 9.83. The van der Waals surface area contributed by atoms with Crippen molar-refractivity contribution in [2.24, 2.45) is 5.92 Å². The van der Waals surface area contributed by atoms with Crippen LogP contribution < -0.4 is 10.5 Å². The Morgan fingerprint density at radius 2 is 2.11 bits per heavy atom. The molecule has 7 heteroatoms. The number of sulfonamides is 1. The second kappa shape index (κ2) is 5.64. The molecule has 1 aliphatic carbocycles.